The summed E-state index contributed by atoms with van der Waals surface area (Å²) in [4.78, 5) is 26.0. The summed E-state index contributed by atoms with van der Waals surface area (Å²) in [5.74, 6) is -0.0417. The Bertz CT molecular complexity index is 1160. The topological polar surface area (TPSA) is 76.7 Å². The lowest BCUT2D eigenvalue weighted by atomic mass is 10.1. The number of methoxy groups -OCH3 is 1. The van der Waals surface area contributed by atoms with E-state index < -0.39 is 5.97 Å². The van der Waals surface area contributed by atoms with Crippen molar-refractivity contribution in [3.05, 3.63) is 81.7 Å². The van der Waals surface area contributed by atoms with E-state index in [1.165, 1.54) is 24.0 Å². The predicted octanol–water partition coefficient (Wildman–Crippen LogP) is 4.77. The molecule has 1 aromatic heterocycles. The molecule has 1 amide bonds. The highest BCUT2D eigenvalue weighted by molar-refractivity contribution is 7.80. The fourth-order valence-electron chi connectivity index (χ4n) is 3.75. The number of rotatable bonds is 7. The second-order valence-corrected chi connectivity index (χ2v) is 9.08. The van der Waals surface area contributed by atoms with Crippen molar-refractivity contribution < 1.29 is 19.1 Å². The van der Waals surface area contributed by atoms with Gasteiger partial charge in [-0.25, -0.2) is 4.79 Å². The molecule has 8 heteroatoms. The quantitative estimate of drug-likeness (QED) is 0.375. The number of thiophene rings is 1. The van der Waals surface area contributed by atoms with Crippen molar-refractivity contribution in [2.75, 3.05) is 19.0 Å². The minimum Gasteiger partial charge on any atom is -0.493 e. The Labute approximate surface area is 201 Å². The molecule has 0 atom stereocenters. The highest BCUT2D eigenvalue weighted by Crippen LogP contribution is 2.39. The maximum absolute atomic E-state index is 12.6. The Morgan fingerprint density at radius 1 is 1.06 bits per heavy atom. The van der Waals surface area contributed by atoms with Gasteiger partial charge in [-0.2, -0.15) is 0 Å². The molecule has 0 saturated carbocycles. The lowest BCUT2D eigenvalue weighted by Gasteiger charge is -2.11. The molecule has 0 unspecified atom stereocenters. The third kappa shape index (κ3) is 5.58. The van der Waals surface area contributed by atoms with Crippen molar-refractivity contribution in [3.8, 4) is 5.75 Å². The molecule has 3 aromatic rings. The number of ether oxygens (including phenoxy) is 2. The summed E-state index contributed by atoms with van der Waals surface area (Å²) in [5, 5.41) is 6.42. The van der Waals surface area contributed by atoms with E-state index in [0.29, 0.717) is 28.5 Å². The Hall–Kier alpha value is -3.23. The molecule has 0 aliphatic heterocycles. The van der Waals surface area contributed by atoms with Gasteiger partial charge in [0.2, 0.25) is 0 Å². The largest absolute Gasteiger partial charge is 0.493 e. The lowest BCUT2D eigenvalue weighted by Crippen LogP contribution is -2.34. The van der Waals surface area contributed by atoms with Crippen LogP contribution in [0.1, 0.15) is 43.1 Å². The monoisotopic (exact) mass is 480 g/mol. The number of amides is 1. The lowest BCUT2D eigenvalue weighted by molar-refractivity contribution is 0.0601. The zero-order valence-electron chi connectivity index (χ0n) is 18.2. The van der Waals surface area contributed by atoms with Gasteiger partial charge in [-0.1, -0.05) is 30.3 Å². The Morgan fingerprint density at radius 3 is 2.55 bits per heavy atom. The molecule has 0 spiro atoms. The van der Waals surface area contributed by atoms with Crippen molar-refractivity contribution in [1.82, 2.24) is 5.32 Å². The van der Waals surface area contributed by atoms with Gasteiger partial charge in [-0.3, -0.25) is 10.1 Å². The maximum atomic E-state index is 12.6. The zero-order chi connectivity index (χ0) is 23.2. The normalized spacial score (nSPS) is 12.0. The molecule has 4 rings (SSSR count). The van der Waals surface area contributed by atoms with Crippen LogP contribution in [-0.4, -0.2) is 30.7 Å². The number of carbonyl (C=O) groups excluding carboxylic acids is 2. The first kappa shape index (κ1) is 22.9. The first-order valence-corrected chi connectivity index (χ1v) is 11.9. The van der Waals surface area contributed by atoms with Gasteiger partial charge in [0.1, 0.15) is 10.8 Å². The summed E-state index contributed by atoms with van der Waals surface area (Å²) >= 11 is 6.80. The molecular weight excluding hydrogens is 456 g/mol. The molecule has 1 aliphatic rings. The van der Waals surface area contributed by atoms with E-state index in [1.807, 2.05) is 18.2 Å². The average Bonchev–Trinajstić information content (AvgIpc) is 3.40. The van der Waals surface area contributed by atoms with Gasteiger partial charge in [0.15, 0.2) is 5.11 Å². The molecule has 0 bridgehead atoms. The van der Waals surface area contributed by atoms with Gasteiger partial charge < -0.3 is 14.8 Å². The van der Waals surface area contributed by atoms with Crippen LogP contribution < -0.4 is 15.4 Å². The minimum absolute atomic E-state index is 0.133. The summed E-state index contributed by atoms with van der Waals surface area (Å²) in [7, 11) is 1.36. The van der Waals surface area contributed by atoms with E-state index in [-0.39, 0.29) is 11.0 Å². The van der Waals surface area contributed by atoms with E-state index in [1.54, 1.807) is 24.3 Å². The van der Waals surface area contributed by atoms with Gasteiger partial charge in [-0.05, 0) is 66.9 Å². The van der Waals surface area contributed by atoms with Crippen LogP contribution in [0.2, 0.25) is 0 Å². The summed E-state index contributed by atoms with van der Waals surface area (Å²) in [6.07, 6.45) is 3.61. The number of esters is 1. The van der Waals surface area contributed by atoms with Crippen LogP contribution in [-0.2, 0) is 24.0 Å². The van der Waals surface area contributed by atoms with Crippen LogP contribution in [0.15, 0.2) is 54.6 Å². The smallest absolute Gasteiger partial charge is 0.341 e. The van der Waals surface area contributed by atoms with E-state index in [2.05, 4.69) is 22.8 Å². The van der Waals surface area contributed by atoms with Crippen molar-refractivity contribution in [2.45, 2.75) is 25.7 Å². The molecule has 2 N–H and O–H groups in total. The van der Waals surface area contributed by atoms with E-state index in [9.17, 15) is 9.59 Å². The molecule has 1 heterocycles. The first-order valence-electron chi connectivity index (χ1n) is 10.7. The average molecular weight is 481 g/mol. The second-order valence-electron chi connectivity index (χ2n) is 7.57. The number of hydrogen-bond donors (Lipinski definition) is 2. The molecule has 0 saturated heterocycles. The number of benzene rings is 2. The second kappa shape index (κ2) is 10.6. The summed E-state index contributed by atoms with van der Waals surface area (Å²) in [6, 6.07) is 17.0. The molecule has 2 aromatic carbocycles. The van der Waals surface area contributed by atoms with Crippen molar-refractivity contribution in [2.24, 2.45) is 0 Å². The standard InChI is InChI=1S/C25H24N2O4S2/c1-30-24(29)21-19-8-5-9-20(19)33-23(21)27-25(32)26-22(28)17-10-12-18(13-11-17)31-15-14-16-6-3-2-4-7-16/h2-4,6-7,10-13H,5,8-9,14-15H2,1H3,(H2,26,27,28,32). The number of fused-ring (bicyclic) bond motifs is 1. The summed E-state index contributed by atoms with van der Waals surface area (Å²) in [6.45, 7) is 0.552. The fourth-order valence-corrected chi connectivity index (χ4v) is 5.30. The van der Waals surface area contributed by atoms with Gasteiger partial charge in [-0.15, -0.1) is 11.3 Å². The van der Waals surface area contributed by atoms with Crippen LogP contribution in [0, 0.1) is 0 Å². The van der Waals surface area contributed by atoms with Crippen LogP contribution in [0.25, 0.3) is 0 Å². The minimum atomic E-state index is -0.395. The first-order chi connectivity index (χ1) is 16.0. The van der Waals surface area contributed by atoms with E-state index in [0.717, 1.165) is 36.1 Å². The van der Waals surface area contributed by atoms with Gasteiger partial charge >= 0.3 is 5.97 Å². The highest BCUT2D eigenvalue weighted by Gasteiger charge is 2.27. The third-order valence-corrected chi connectivity index (χ3v) is 6.80. The number of hydrogen-bond acceptors (Lipinski definition) is 6. The Kier molecular flexibility index (Phi) is 7.36. The number of nitrogens with one attached hydrogen (secondary N) is 2. The Balaban J connectivity index is 1.32. The van der Waals surface area contributed by atoms with E-state index in [4.69, 9.17) is 21.7 Å². The predicted molar refractivity (Wildman–Crippen MR) is 133 cm³/mol. The van der Waals surface area contributed by atoms with Gasteiger partial charge in [0.25, 0.3) is 5.91 Å². The molecule has 0 radical (unpaired) electrons. The third-order valence-electron chi connectivity index (χ3n) is 5.38. The van der Waals surface area contributed by atoms with Gasteiger partial charge in [0, 0.05) is 16.9 Å². The van der Waals surface area contributed by atoms with Crippen molar-refractivity contribution >= 4 is 45.5 Å². The number of anilines is 1. The summed E-state index contributed by atoms with van der Waals surface area (Å²) < 4.78 is 10.7. The molecule has 170 valence electrons. The number of aryl methyl sites for hydroxylation is 1. The Morgan fingerprint density at radius 2 is 1.82 bits per heavy atom. The summed E-state index contributed by atoms with van der Waals surface area (Å²) in [5.41, 5.74) is 3.20. The fraction of sp³-hybridized carbons (Fsp3) is 0.240. The highest BCUT2D eigenvalue weighted by atomic mass is 32.1. The molecule has 6 nitrogen and oxygen atoms in total. The molecule has 33 heavy (non-hydrogen) atoms. The van der Waals surface area contributed by atoms with Crippen molar-refractivity contribution in [1.29, 1.82) is 0 Å². The van der Waals surface area contributed by atoms with E-state index >= 15 is 0 Å². The maximum Gasteiger partial charge on any atom is 0.341 e. The molecule has 1 aliphatic carbocycles. The van der Waals surface area contributed by atoms with Crippen LogP contribution in [0.3, 0.4) is 0 Å². The zero-order valence-corrected chi connectivity index (χ0v) is 19.8. The van der Waals surface area contributed by atoms with Crippen molar-refractivity contribution in [3.63, 3.8) is 0 Å². The number of thiocarbonyl (C=S) groups is 1. The van der Waals surface area contributed by atoms with Crippen LogP contribution in [0.5, 0.6) is 5.75 Å². The molecule has 0 fully saturated rings. The van der Waals surface area contributed by atoms with Crippen LogP contribution in [0.4, 0.5) is 5.00 Å². The number of carbonyl (C=O) groups is 2. The van der Waals surface area contributed by atoms with Crippen LogP contribution >= 0.6 is 23.6 Å². The SMILES string of the molecule is COC(=O)c1c(NC(=S)NC(=O)c2ccc(OCCc3ccccc3)cc2)sc2c1CCC2. The van der Waals surface area contributed by atoms with Gasteiger partial charge in [0.05, 0.1) is 19.3 Å². The molecular formula is C25H24N2O4S2.